The van der Waals surface area contributed by atoms with Crippen LogP contribution >= 0.6 is 15.9 Å². The van der Waals surface area contributed by atoms with Crippen LogP contribution in [0.1, 0.15) is 73.4 Å². The van der Waals surface area contributed by atoms with Gasteiger partial charge < -0.3 is 4.90 Å². The highest BCUT2D eigenvalue weighted by molar-refractivity contribution is 9.10. The van der Waals surface area contributed by atoms with Crippen molar-refractivity contribution in [1.82, 2.24) is 0 Å². The van der Waals surface area contributed by atoms with Crippen molar-refractivity contribution < 1.29 is 0 Å². The van der Waals surface area contributed by atoms with E-state index in [9.17, 15) is 0 Å². The maximum absolute atomic E-state index is 3.65. The lowest BCUT2D eigenvalue weighted by Gasteiger charge is -2.51. The van der Waals surface area contributed by atoms with Gasteiger partial charge in [0.25, 0.3) is 0 Å². The lowest BCUT2D eigenvalue weighted by molar-refractivity contribution is 0.590. The number of rotatable bonds is 2. The monoisotopic (exact) mass is 595 g/mol. The van der Waals surface area contributed by atoms with Crippen molar-refractivity contribution in [3.05, 3.63) is 107 Å². The molecule has 0 aliphatic carbocycles. The van der Waals surface area contributed by atoms with Gasteiger partial charge in [0, 0.05) is 21.5 Å². The third-order valence-electron chi connectivity index (χ3n) is 8.45. The Morgan fingerprint density at radius 2 is 1.10 bits per heavy atom. The second-order valence-electron chi connectivity index (χ2n) is 14.1. The van der Waals surface area contributed by atoms with Gasteiger partial charge in [0.2, 0.25) is 0 Å². The number of fused-ring (bicyclic) bond motifs is 2. The lowest BCUT2D eigenvalue weighted by Crippen LogP contribution is -2.74. The number of para-hydroxylation sites is 1. The smallest absolute Gasteiger partial charge is 0.158 e. The lowest BCUT2D eigenvalue weighted by atomic mass is 9.86. The molecule has 0 unspecified atom stereocenters. The molecule has 1 atom stereocenters. The van der Waals surface area contributed by atoms with Crippen molar-refractivity contribution in [2.75, 3.05) is 4.90 Å². The highest BCUT2D eigenvalue weighted by Gasteiger charge is 2.54. The average molecular weight is 597 g/mol. The first-order chi connectivity index (χ1) is 18.2. The highest BCUT2D eigenvalue weighted by Crippen LogP contribution is 2.46. The first-order valence-corrected chi connectivity index (χ1v) is 16.9. The summed E-state index contributed by atoms with van der Waals surface area (Å²) in [5.74, 6) is 0. The first kappa shape index (κ1) is 27.9. The normalized spacial score (nSPS) is 17.5. The molecule has 1 nitrogen and oxygen atoms in total. The van der Waals surface area contributed by atoms with Crippen LogP contribution in [0.5, 0.6) is 0 Å². The van der Waals surface area contributed by atoms with Gasteiger partial charge in [-0.25, -0.2) is 0 Å². The maximum atomic E-state index is 3.65. The molecule has 5 rings (SSSR count). The van der Waals surface area contributed by atoms with Crippen LogP contribution in [-0.4, -0.2) is 8.07 Å². The molecule has 0 amide bonds. The third kappa shape index (κ3) is 4.62. The summed E-state index contributed by atoms with van der Waals surface area (Å²) in [7, 11) is -2.50. The van der Waals surface area contributed by atoms with Crippen molar-refractivity contribution in [2.24, 2.45) is 0 Å². The van der Waals surface area contributed by atoms with E-state index in [-0.39, 0.29) is 15.9 Å². The minimum Gasteiger partial charge on any atom is -0.311 e. The Kier molecular flexibility index (Phi) is 6.79. The number of nitrogens with zero attached hydrogens (tertiary/aromatic N) is 1. The summed E-state index contributed by atoms with van der Waals surface area (Å²) >= 11 is 3.65. The molecule has 4 aromatic carbocycles. The van der Waals surface area contributed by atoms with Crippen molar-refractivity contribution >= 4 is 56.6 Å². The van der Waals surface area contributed by atoms with Gasteiger partial charge in [-0.2, -0.15) is 0 Å². The van der Waals surface area contributed by atoms with Crippen LogP contribution in [0.2, 0.25) is 5.04 Å². The van der Waals surface area contributed by atoms with E-state index < -0.39 is 8.07 Å². The number of anilines is 3. The van der Waals surface area contributed by atoms with Crippen LogP contribution in [0.25, 0.3) is 0 Å². The van der Waals surface area contributed by atoms with Gasteiger partial charge in [-0.1, -0.05) is 133 Å². The van der Waals surface area contributed by atoms with Crippen molar-refractivity contribution in [2.45, 2.75) is 78.2 Å². The van der Waals surface area contributed by atoms with Crippen LogP contribution in [0.4, 0.5) is 17.1 Å². The van der Waals surface area contributed by atoms with E-state index in [0.29, 0.717) is 0 Å². The summed E-state index contributed by atoms with van der Waals surface area (Å²) in [5, 5.41) is 4.50. The molecule has 0 aromatic heterocycles. The molecule has 0 bridgehead atoms. The molecule has 1 heterocycles. The number of benzene rings is 4. The van der Waals surface area contributed by atoms with Crippen LogP contribution in [0.15, 0.2) is 95.5 Å². The predicted molar refractivity (Wildman–Crippen MR) is 177 cm³/mol. The van der Waals surface area contributed by atoms with Crippen LogP contribution in [-0.2, 0) is 10.8 Å². The van der Waals surface area contributed by atoms with Crippen molar-refractivity contribution in [1.29, 1.82) is 0 Å². The Bertz CT molecular complexity index is 1500. The summed E-state index contributed by atoms with van der Waals surface area (Å²) in [4.78, 5) is 2.51. The zero-order valence-corrected chi connectivity index (χ0v) is 27.6. The first-order valence-electron chi connectivity index (χ1n) is 14.1. The topological polar surface area (TPSA) is 3.24 Å². The van der Waals surface area contributed by atoms with Crippen molar-refractivity contribution in [3.63, 3.8) is 0 Å². The zero-order valence-electron chi connectivity index (χ0n) is 25.0. The van der Waals surface area contributed by atoms with E-state index in [1.54, 1.807) is 0 Å². The van der Waals surface area contributed by atoms with E-state index >= 15 is 0 Å². The summed E-state index contributed by atoms with van der Waals surface area (Å²) in [5.41, 5.74) is 6.74. The van der Waals surface area contributed by atoms with Crippen LogP contribution in [0, 0.1) is 0 Å². The molecule has 0 N–H and O–H groups in total. The van der Waals surface area contributed by atoms with Gasteiger partial charge >= 0.3 is 0 Å². The summed E-state index contributed by atoms with van der Waals surface area (Å²) in [6.07, 6.45) is 0. The molecule has 1 aliphatic heterocycles. The Labute approximate surface area is 245 Å². The van der Waals surface area contributed by atoms with E-state index in [0.717, 1.165) is 4.47 Å². The van der Waals surface area contributed by atoms with Gasteiger partial charge in [-0.3, -0.25) is 0 Å². The van der Waals surface area contributed by atoms with Gasteiger partial charge in [0.1, 0.15) is 0 Å². The molecule has 1 aliphatic rings. The minimum absolute atomic E-state index is 0.0379. The summed E-state index contributed by atoms with van der Waals surface area (Å²) in [6, 6.07) is 35.0. The number of halogens is 1. The van der Waals surface area contributed by atoms with Gasteiger partial charge in [0.15, 0.2) is 8.07 Å². The quantitative estimate of drug-likeness (QED) is 0.209. The van der Waals surface area contributed by atoms with Gasteiger partial charge in [-0.05, 0) is 79.0 Å². The Balaban J connectivity index is 1.91. The molecule has 0 fully saturated rings. The average Bonchev–Trinajstić information content (AvgIpc) is 2.86. The molecule has 0 saturated carbocycles. The fraction of sp³-hybridized carbons (Fsp3) is 0.333. The van der Waals surface area contributed by atoms with E-state index in [2.05, 4.69) is 174 Å². The molecule has 39 heavy (non-hydrogen) atoms. The molecule has 0 radical (unpaired) electrons. The van der Waals surface area contributed by atoms with E-state index in [4.69, 9.17) is 0 Å². The molecule has 3 heteroatoms. The molecule has 202 valence electrons. The standard InChI is InChI=1S/C36H42BrNSi/c1-34(2,3)25-14-21-29(22-15-25)39(36(7,8)9)32-13-11-10-12-30(32)38(28-19-17-27(37)18-20-28)31-24-26(35(4,5)6)16-23-33(31)39/h10-24H,1-9H3/t39-/m0/s1. The zero-order chi connectivity index (χ0) is 28.4. The minimum atomic E-state index is -2.50. The SMILES string of the molecule is CC(C)(C)c1ccc([Si@]2(C(C)(C)C)c3ccccc3N(c3ccc(Br)cc3)c3cc(C(C)(C)C)ccc32)cc1. The maximum Gasteiger partial charge on any atom is 0.158 e. The number of hydrogen-bond acceptors (Lipinski definition) is 1. The molecule has 0 spiro atoms. The number of hydrogen-bond donors (Lipinski definition) is 0. The molecule has 4 aromatic rings. The fourth-order valence-corrected chi connectivity index (χ4v) is 12.6. The second-order valence-corrected chi connectivity index (χ2v) is 19.7. The van der Waals surface area contributed by atoms with E-state index in [1.807, 2.05) is 0 Å². The Morgan fingerprint density at radius 3 is 1.67 bits per heavy atom. The molecule has 0 saturated heterocycles. The van der Waals surface area contributed by atoms with Crippen LogP contribution in [0.3, 0.4) is 0 Å². The third-order valence-corrected chi connectivity index (χ3v) is 14.9. The fourth-order valence-electron chi connectivity index (χ4n) is 6.40. The molecular weight excluding hydrogens is 554 g/mol. The second kappa shape index (κ2) is 9.49. The summed E-state index contributed by atoms with van der Waals surface area (Å²) in [6.45, 7) is 21.2. The predicted octanol–water partition coefficient (Wildman–Crippen LogP) is 9.10. The Hall–Kier alpha value is -2.62. The van der Waals surface area contributed by atoms with E-state index in [1.165, 1.54) is 43.7 Å². The van der Waals surface area contributed by atoms with Gasteiger partial charge in [-0.15, -0.1) is 0 Å². The Morgan fingerprint density at radius 1 is 0.564 bits per heavy atom. The largest absolute Gasteiger partial charge is 0.311 e. The van der Waals surface area contributed by atoms with Gasteiger partial charge in [0.05, 0.1) is 0 Å². The molecular formula is C36H42BrNSi. The van der Waals surface area contributed by atoms with Crippen LogP contribution < -0.4 is 20.5 Å². The summed E-state index contributed by atoms with van der Waals surface area (Å²) < 4.78 is 1.09. The highest BCUT2D eigenvalue weighted by atomic mass is 79.9. The van der Waals surface area contributed by atoms with Crippen molar-refractivity contribution in [3.8, 4) is 0 Å².